The predicted molar refractivity (Wildman–Crippen MR) is 126 cm³/mol. The quantitative estimate of drug-likeness (QED) is 0.255. The predicted octanol–water partition coefficient (Wildman–Crippen LogP) is 4.95. The van der Waals surface area contributed by atoms with Crippen LogP contribution in [0.3, 0.4) is 0 Å². The minimum Gasteiger partial charge on any atom is -0.380 e. The summed E-state index contributed by atoms with van der Waals surface area (Å²) < 4.78 is 53.1. The summed E-state index contributed by atoms with van der Waals surface area (Å²) in [5.41, 5.74) is -0.903. The summed E-state index contributed by atoms with van der Waals surface area (Å²) in [6.07, 6.45) is -1.66. The zero-order chi connectivity index (χ0) is 26.1. The maximum atomic E-state index is 14.2. The first-order chi connectivity index (χ1) is 17.0. The third-order valence-corrected chi connectivity index (χ3v) is 7.73. The Morgan fingerprint density at radius 1 is 1.11 bits per heavy atom. The van der Waals surface area contributed by atoms with Gasteiger partial charge < -0.3 is 20.6 Å². The maximum absolute atomic E-state index is 14.2. The summed E-state index contributed by atoms with van der Waals surface area (Å²) >= 11 is 1.14. The lowest BCUT2D eigenvalue weighted by atomic mass is 9.74. The molecule has 0 spiro atoms. The third kappa shape index (κ3) is 5.66. The lowest BCUT2D eigenvalue weighted by Crippen LogP contribution is -2.40. The number of aryl methyl sites for hydroxylation is 1. The largest absolute Gasteiger partial charge is 0.433 e. The van der Waals surface area contributed by atoms with Gasteiger partial charge in [-0.1, -0.05) is 6.07 Å². The van der Waals surface area contributed by atoms with Crippen LogP contribution >= 0.6 is 11.3 Å². The van der Waals surface area contributed by atoms with Crippen molar-refractivity contribution in [1.82, 2.24) is 15.0 Å². The number of nitrogens with zero attached hydrogens (tertiary/aromatic N) is 3. The van der Waals surface area contributed by atoms with Gasteiger partial charge in [0.2, 0.25) is 5.95 Å². The van der Waals surface area contributed by atoms with E-state index in [-0.39, 0.29) is 16.9 Å². The Labute approximate surface area is 208 Å². The Kier molecular flexibility index (Phi) is 7.60. The van der Waals surface area contributed by atoms with E-state index in [2.05, 4.69) is 20.3 Å². The van der Waals surface area contributed by atoms with Gasteiger partial charge in [-0.25, -0.2) is 19.3 Å². The standard InChI is InChI=1S/C24H26F4N4O3S/c1-13-8-15(10-17(9-13)31-22-29-7-6-19(32-22)24(26,27)28)18-11-30-21(36-18)23(35,12-25)16-4-2-14(3-5-16)20(33)34/h6-11,14,16,20,33-35H,2-5,12H2,1H3,(H,29,31,32). The number of benzene rings is 1. The van der Waals surface area contributed by atoms with Crippen LogP contribution < -0.4 is 5.32 Å². The Bertz CT molecular complexity index is 1200. The number of thiazole rings is 1. The fourth-order valence-electron chi connectivity index (χ4n) is 4.55. The molecule has 1 saturated carbocycles. The topological polar surface area (TPSA) is 111 Å². The molecule has 1 fully saturated rings. The van der Waals surface area contributed by atoms with Crippen molar-refractivity contribution in [1.29, 1.82) is 0 Å². The molecule has 1 aromatic carbocycles. The second-order valence-corrected chi connectivity index (χ2v) is 10.1. The molecule has 12 heteroatoms. The van der Waals surface area contributed by atoms with E-state index in [4.69, 9.17) is 0 Å². The molecule has 0 aliphatic heterocycles. The van der Waals surface area contributed by atoms with Crippen molar-refractivity contribution >= 4 is 23.0 Å². The molecule has 7 nitrogen and oxygen atoms in total. The first-order valence-corrected chi connectivity index (χ1v) is 12.2. The molecular formula is C24H26F4N4O3S. The van der Waals surface area contributed by atoms with Crippen LogP contribution in [0.4, 0.5) is 29.2 Å². The van der Waals surface area contributed by atoms with Crippen LogP contribution in [-0.4, -0.2) is 43.2 Å². The zero-order valence-corrected chi connectivity index (χ0v) is 20.2. The fraction of sp³-hybridized carbons (Fsp3) is 0.458. The van der Waals surface area contributed by atoms with Crippen molar-refractivity contribution in [3.05, 3.63) is 52.9 Å². The van der Waals surface area contributed by atoms with Crippen LogP contribution in [0.2, 0.25) is 0 Å². The van der Waals surface area contributed by atoms with Crippen LogP contribution in [0, 0.1) is 18.8 Å². The molecule has 1 atom stereocenters. The van der Waals surface area contributed by atoms with Crippen LogP contribution in [0.25, 0.3) is 10.4 Å². The summed E-state index contributed by atoms with van der Waals surface area (Å²) in [7, 11) is 0. The normalized spacial score (nSPS) is 20.4. The Balaban J connectivity index is 1.56. The van der Waals surface area contributed by atoms with Crippen LogP contribution in [0.5, 0.6) is 0 Å². The highest BCUT2D eigenvalue weighted by Crippen LogP contribution is 2.44. The van der Waals surface area contributed by atoms with E-state index in [0.717, 1.165) is 29.2 Å². The van der Waals surface area contributed by atoms with E-state index in [1.54, 1.807) is 12.1 Å². The van der Waals surface area contributed by atoms with Crippen molar-refractivity contribution in [2.45, 2.75) is 50.7 Å². The Morgan fingerprint density at radius 2 is 1.83 bits per heavy atom. The van der Waals surface area contributed by atoms with E-state index < -0.39 is 36.4 Å². The lowest BCUT2D eigenvalue weighted by Gasteiger charge is -2.37. The van der Waals surface area contributed by atoms with E-state index in [9.17, 15) is 32.9 Å². The molecule has 2 aromatic heterocycles. The number of hydrogen-bond donors (Lipinski definition) is 4. The number of aromatic nitrogens is 3. The number of aliphatic hydroxyl groups excluding tert-OH is 1. The monoisotopic (exact) mass is 526 g/mol. The van der Waals surface area contributed by atoms with Crippen LogP contribution in [0.15, 0.2) is 36.7 Å². The molecule has 4 rings (SSSR count). The first kappa shape index (κ1) is 26.4. The molecule has 1 aliphatic carbocycles. The third-order valence-electron chi connectivity index (χ3n) is 6.51. The summed E-state index contributed by atoms with van der Waals surface area (Å²) in [6, 6.07) is 6.05. The van der Waals surface area contributed by atoms with Crippen molar-refractivity contribution in [2.24, 2.45) is 11.8 Å². The maximum Gasteiger partial charge on any atom is 0.433 e. The first-order valence-electron chi connectivity index (χ1n) is 11.4. The van der Waals surface area contributed by atoms with Gasteiger partial charge in [0.15, 0.2) is 6.29 Å². The number of anilines is 2. The zero-order valence-electron chi connectivity index (χ0n) is 19.3. The van der Waals surface area contributed by atoms with Gasteiger partial charge in [0.1, 0.15) is 23.0 Å². The van der Waals surface area contributed by atoms with Crippen molar-refractivity contribution in [3.63, 3.8) is 0 Å². The summed E-state index contributed by atoms with van der Waals surface area (Å²) in [4.78, 5) is 12.3. The smallest absolute Gasteiger partial charge is 0.380 e. The van der Waals surface area contributed by atoms with Gasteiger partial charge in [-0.3, -0.25) is 0 Å². The summed E-state index contributed by atoms with van der Waals surface area (Å²) in [6.45, 7) is 0.792. The molecular weight excluding hydrogens is 500 g/mol. The van der Waals surface area contributed by atoms with Gasteiger partial charge in [0.05, 0.1) is 4.88 Å². The van der Waals surface area contributed by atoms with Gasteiger partial charge in [-0.2, -0.15) is 13.2 Å². The minimum atomic E-state index is -4.60. The number of rotatable bonds is 7. The average molecular weight is 527 g/mol. The molecule has 0 bridgehead atoms. The molecule has 2 heterocycles. The number of halogens is 4. The van der Waals surface area contributed by atoms with Gasteiger partial charge in [-0.15, -0.1) is 11.3 Å². The van der Waals surface area contributed by atoms with Gasteiger partial charge in [0, 0.05) is 24.0 Å². The lowest BCUT2D eigenvalue weighted by molar-refractivity contribution is -0.141. The SMILES string of the molecule is Cc1cc(Nc2nccc(C(F)(F)F)n2)cc(-c2cnc(C(O)(CF)C3CCC(C(O)O)CC3)s2)c1. The van der Waals surface area contributed by atoms with Crippen molar-refractivity contribution in [3.8, 4) is 10.4 Å². The molecule has 3 aromatic rings. The van der Waals surface area contributed by atoms with E-state index >= 15 is 0 Å². The summed E-state index contributed by atoms with van der Waals surface area (Å²) in [5, 5.41) is 33.0. The molecule has 1 aliphatic rings. The average Bonchev–Trinajstić information content (AvgIpc) is 3.34. The Hall–Kier alpha value is -2.67. The minimum absolute atomic E-state index is 0.207. The van der Waals surface area contributed by atoms with E-state index in [0.29, 0.717) is 41.8 Å². The number of alkyl halides is 4. The van der Waals surface area contributed by atoms with Crippen molar-refractivity contribution in [2.75, 3.05) is 12.0 Å². The number of nitrogens with one attached hydrogen (secondary N) is 1. The summed E-state index contributed by atoms with van der Waals surface area (Å²) in [5.74, 6) is -0.915. The molecule has 0 amide bonds. The molecule has 0 radical (unpaired) electrons. The van der Waals surface area contributed by atoms with Gasteiger partial charge in [0.25, 0.3) is 0 Å². The van der Waals surface area contributed by atoms with Crippen LogP contribution in [-0.2, 0) is 11.8 Å². The highest BCUT2D eigenvalue weighted by Gasteiger charge is 2.43. The second-order valence-electron chi connectivity index (χ2n) is 9.09. The van der Waals surface area contributed by atoms with E-state index in [1.165, 1.54) is 6.20 Å². The van der Waals surface area contributed by atoms with E-state index in [1.807, 2.05) is 13.0 Å². The molecule has 36 heavy (non-hydrogen) atoms. The number of aliphatic hydroxyl groups is 3. The second kappa shape index (κ2) is 10.4. The molecule has 4 N–H and O–H groups in total. The fourth-order valence-corrected chi connectivity index (χ4v) is 5.60. The van der Waals surface area contributed by atoms with Crippen molar-refractivity contribution < 1.29 is 32.9 Å². The Morgan fingerprint density at radius 3 is 2.47 bits per heavy atom. The van der Waals surface area contributed by atoms with Crippen LogP contribution in [0.1, 0.15) is 41.9 Å². The number of hydrogen-bond acceptors (Lipinski definition) is 8. The highest BCUT2D eigenvalue weighted by molar-refractivity contribution is 7.15. The highest BCUT2D eigenvalue weighted by atomic mass is 32.1. The van der Waals surface area contributed by atoms with Gasteiger partial charge >= 0.3 is 6.18 Å². The molecule has 1 unspecified atom stereocenters. The molecule has 0 saturated heterocycles. The molecule has 194 valence electrons. The van der Waals surface area contributed by atoms with Gasteiger partial charge in [-0.05, 0) is 67.9 Å².